The van der Waals surface area contributed by atoms with Gasteiger partial charge >= 0.3 is 5.97 Å². The van der Waals surface area contributed by atoms with Gasteiger partial charge in [-0.15, -0.1) is 0 Å². The highest BCUT2D eigenvalue weighted by atomic mass is 28.4. The van der Waals surface area contributed by atoms with Crippen LogP contribution in [0.1, 0.15) is 35.2 Å². The molecule has 0 aliphatic heterocycles. The van der Waals surface area contributed by atoms with E-state index in [1.165, 1.54) is 12.1 Å². The molecule has 0 N–H and O–H groups in total. The van der Waals surface area contributed by atoms with E-state index in [2.05, 4.69) is 38.6 Å². The summed E-state index contributed by atoms with van der Waals surface area (Å²) < 4.78 is 31.3. The minimum absolute atomic E-state index is 0.0300. The molecule has 0 amide bonds. The highest BCUT2D eigenvalue weighted by Crippen LogP contribution is 2.37. The largest absolute Gasteiger partial charge is 0.543 e. The van der Waals surface area contributed by atoms with E-state index in [0.29, 0.717) is 5.75 Å². The molecule has 4 heteroatoms. The molecule has 0 fully saturated rings. The molecular formula is C14H22O3Si. The third kappa shape index (κ3) is 3.35. The average Bonchev–Trinajstić information content (AvgIpc) is 2.24. The molecule has 1 aromatic rings. The van der Waals surface area contributed by atoms with Crippen molar-refractivity contribution in [3.05, 3.63) is 29.8 Å². The summed E-state index contributed by atoms with van der Waals surface area (Å²) >= 11 is 0. The Labute approximate surface area is 114 Å². The van der Waals surface area contributed by atoms with Gasteiger partial charge in [-0.3, -0.25) is 0 Å². The fourth-order valence-electron chi connectivity index (χ4n) is 1.19. The number of ether oxygens (including phenoxy) is 1. The second-order valence-corrected chi connectivity index (χ2v) is 10.5. The number of esters is 1. The summed E-state index contributed by atoms with van der Waals surface area (Å²) in [4.78, 5) is 11.7. The quantitative estimate of drug-likeness (QED) is 0.617. The zero-order valence-corrected chi connectivity index (χ0v) is 12.5. The predicted octanol–water partition coefficient (Wildman–Crippen LogP) is 3.86. The lowest BCUT2D eigenvalue weighted by atomic mass is 10.2. The Balaban J connectivity index is 2.94. The Morgan fingerprint density at radius 1 is 1.33 bits per heavy atom. The van der Waals surface area contributed by atoms with Crippen LogP contribution in [-0.2, 0) is 4.74 Å². The van der Waals surface area contributed by atoms with Crippen molar-refractivity contribution < 1.29 is 18.1 Å². The molecule has 0 saturated carbocycles. The second kappa shape index (κ2) is 5.14. The Morgan fingerprint density at radius 3 is 2.56 bits per heavy atom. The highest BCUT2D eigenvalue weighted by molar-refractivity contribution is 6.74. The van der Waals surface area contributed by atoms with Gasteiger partial charge in [0.15, 0.2) is 0 Å². The Hall–Kier alpha value is -1.29. The molecule has 0 aliphatic rings. The summed E-state index contributed by atoms with van der Waals surface area (Å²) in [5.41, 5.74) is 0.169. The van der Waals surface area contributed by atoms with Crippen LogP contribution in [0.25, 0.3) is 0 Å². The zero-order chi connectivity index (χ0) is 16.5. The van der Waals surface area contributed by atoms with Gasteiger partial charge in [-0.2, -0.15) is 0 Å². The SMILES string of the molecule is [2H]C([2H])([2H])OC(=O)c1cccc(O[Si](C)(C)C(C)(C)C)c1. The van der Waals surface area contributed by atoms with E-state index in [1.807, 2.05) is 0 Å². The molecule has 0 atom stereocenters. The van der Waals surface area contributed by atoms with E-state index < -0.39 is 21.3 Å². The minimum Gasteiger partial charge on any atom is -0.543 e. The molecule has 0 radical (unpaired) electrons. The normalized spacial score (nSPS) is 15.3. The summed E-state index contributed by atoms with van der Waals surface area (Å²) in [5.74, 6) is -0.322. The number of hydrogen-bond acceptors (Lipinski definition) is 3. The van der Waals surface area contributed by atoms with E-state index in [1.54, 1.807) is 12.1 Å². The third-order valence-corrected chi connectivity index (χ3v) is 7.70. The summed E-state index contributed by atoms with van der Waals surface area (Å²) in [6.45, 7) is 10.5. The van der Waals surface area contributed by atoms with E-state index in [9.17, 15) is 4.79 Å². The van der Waals surface area contributed by atoms with Gasteiger partial charge in [0.05, 0.1) is 16.7 Å². The van der Waals surface area contributed by atoms with Crippen molar-refractivity contribution in [1.29, 1.82) is 0 Å². The lowest BCUT2D eigenvalue weighted by Gasteiger charge is -2.36. The van der Waals surface area contributed by atoms with Crippen LogP contribution in [0.2, 0.25) is 18.1 Å². The van der Waals surface area contributed by atoms with Gasteiger partial charge in [0.25, 0.3) is 0 Å². The number of benzene rings is 1. The topological polar surface area (TPSA) is 35.5 Å². The first-order chi connectivity index (χ1) is 9.32. The highest BCUT2D eigenvalue weighted by Gasteiger charge is 2.39. The number of carbonyl (C=O) groups excluding carboxylic acids is 1. The van der Waals surface area contributed by atoms with Crippen molar-refractivity contribution in [3.63, 3.8) is 0 Å². The van der Waals surface area contributed by atoms with Crippen LogP contribution >= 0.6 is 0 Å². The molecule has 1 rings (SSSR count). The summed E-state index contributed by atoms with van der Waals surface area (Å²) in [6, 6.07) is 6.44. The van der Waals surface area contributed by atoms with Gasteiger partial charge in [0.1, 0.15) is 5.75 Å². The first-order valence-corrected chi connectivity index (χ1v) is 8.75. The van der Waals surface area contributed by atoms with Crippen LogP contribution < -0.4 is 4.43 Å². The predicted molar refractivity (Wildman–Crippen MR) is 75.6 cm³/mol. The molecule has 3 nitrogen and oxygen atoms in total. The van der Waals surface area contributed by atoms with Crippen LogP contribution in [0.4, 0.5) is 0 Å². The Morgan fingerprint density at radius 2 is 2.00 bits per heavy atom. The molecule has 1 aromatic carbocycles. The lowest BCUT2D eigenvalue weighted by molar-refractivity contribution is 0.0600. The molecule has 0 aromatic heterocycles. The monoisotopic (exact) mass is 269 g/mol. The van der Waals surface area contributed by atoms with Crippen molar-refractivity contribution in [2.24, 2.45) is 0 Å². The third-order valence-electron chi connectivity index (χ3n) is 3.34. The van der Waals surface area contributed by atoms with Gasteiger partial charge in [-0.25, -0.2) is 4.79 Å². The number of rotatable bonds is 3. The van der Waals surface area contributed by atoms with Gasteiger partial charge in [-0.1, -0.05) is 26.8 Å². The number of methoxy groups -OCH3 is 1. The molecule has 0 saturated heterocycles. The van der Waals surface area contributed by atoms with Crippen LogP contribution in [0, 0.1) is 0 Å². The maximum atomic E-state index is 11.7. The zero-order valence-electron chi connectivity index (χ0n) is 14.5. The standard InChI is InChI=1S/C14H22O3Si/c1-14(2,3)18(5,6)17-12-9-7-8-11(10-12)13(15)16-4/h7-10H,1-6H3/i4D3. The first-order valence-electron chi connectivity index (χ1n) is 7.34. The molecule has 18 heavy (non-hydrogen) atoms. The number of hydrogen-bond donors (Lipinski definition) is 0. The van der Waals surface area contributed by atoms with Gasteiger partial charge in [0.2, 0.25) is 8.32 Å². The molecule has 100 valence electrons. The van der Waals surface area contributed by atoms with E-state index in [0.717, 1.165) is 0 Å². The summed E-state index contributed by atoms with van der Waals surface area (Å²) in [6.07, 6.45) is 0. The van der Waals surface area contributed by atoms with Crippen molar-refractivity contribution >= 4 is 14.3 Å². The van der Waals surface area contributed by atoms with E-state index >= 15 is 0 Å². The summed E-state index contributed by atoms with van der Waals surface area (Å²) in [7, 11) is -4.76. The van der Waals surface area contributed by atoms with Gasteiger partial charge < -0.3 is 9.16 Å². The second-order valence-electron chi connectivity index (χ2n) is 5.78. The minimum atomic E-state index is -2.74. The fraction of sp³-hybridized carbons (Fsp3) is 0.500. The Kier molecular flexibility index (Phi) is 3.03. The average molecular weight is 269 g/mol. The van der Waals surface area contributed by atoms with Gasteiger partial charge in [-0.05, 0) is 36.3 Å². The maximum Gasteiger partial charge on any atom is 0.337 e. The number of carbonyl (C=O) groups is 1. The molecular weight excluding hydrogens is 244 g/mol. The van der Waals surface area contributed by atoms with Crippen LogP contribution in [0.5, 0.6) is 5.75 Å². The molecule has 0 unspecified atom stereocenters. The molecule has 0 heterocycles. The van der Waals surface area contributed by atoms with Crippen molar-refractivity contribution in [2.75, 3.05) is 7.04 Å². The van der Waals surface area contributed by atoms with Gasteiger partial charge in [0, 0.05) is 0 Å². The molecule has 0 spiro atoms. The fourth-order valence-corrected chi connectivity index (χ4v) is 2.22. The molecule has 0 aliphatic carbocycles. The Bertz CT molecular complexity index is 519. The van der Waals surface area contributed by atoms with Crippen LogP contribution in [0.15, 0.2) is 24.3 Å². The maximum absolute atomic E-state index is 11.7. The van der Waals surface area contributed by atoms with Crippen LogP contribution in [-0.4, -0.2) is 21.3 Å². The summed E-state index contributed by atoms with van der Waals surface area (Å²) in [5, 5.41) is 0.0300. The smallest absolute Gasteiger partial charge is 0.337 e. The molecule has 0 bridgehead atoms. The van der Waals surface area contributed by atoms with E-state index in [-0.39, 0.29) is 10.6 Å². The van der Waals surface area contributed by atoms with Crippen molar-refractivity contribution in [2.45, 2.75) is 38.9 Å². The van der Waals surface area contributed by atoms with Crippen LogP contribution in [0.3, 0.4) is 0 Å². The van der Waals surface area contributed by atoms with Crippen molar-refractivity contribution in [1.82, 2.24) is 0 Å². The van der Waals surface area contributed by atoms with Crippen molar-refractivity contribution in [3.8, 4) is 5.75 Å². The lowest BCUT2D eigenvalue weighted by Crippen LogP contribution is -2.43. The first kappa shape index (κ1) is 10.6. The van der Waals surface area contributed by atoms with E-state index in [4.69, 9.17) is 8.54 Å².